The van der Waals surface area contributed by atoms with Crippen LogP contribution in [0.5, 0.6) is 0 Å². The Hall–Kier alpha value is -1.16. The Morgan fingerprint density at radius 2 is 1.85 bits per heavy atom. The molecule has 1 aromatic carbocycles. The van der Waals surface area contributed by atoms with E-state index in [0.717, 1.165) is 28.9 Å². The molecular formula is C15H17Cl2N3. The summed E-state index contributed by atoms with van der Waals surface area (Å²) in [7, 11) is 0. The van der Waals surface area contributed by atoms with E-state index in [-0.39, 0.29) is 6.04 Å². The van der Waals surface area contributed by atoms with Gasteiger partial charge >= 0.3 is 0 Å². The number of nitrogens with two attached hydrogens (primary N) is 1. The van der Waals surface area contributed by atoms with Crippen molar-refractivity contribution in [3.63, 3.8) is 0 Å². The molecule has 0 bridgehead atoms. The van der Waals surface area contributed by atoms with Gasteiger partial charge in [0.2, 0.25) is 0 Å². The number of nitrogens with zero attached hydrogens (tertiary/aromatic N) is 2. The molecule has 0 fully saturated rings. The Morgan fingerprint density at radius 3 is 2.45 bits per heavy atom. The van der Waals surface area contributed by atoms with Crippen LogP contribution >= 0.6 is 23.2 Å². The fourth-order valence-electron chi connectivity index (χ4n) is 2.19. The van der Waals surface area contributed by atoms with Crippen LogP contribution in [0, 0.1) is 6.92 Å². The molecule has 0 aliphatic carbocycles. The van der Waals surface area contributed by atoms with Crippen molar-refractivity contribution >= 4 is 23.2 Å². The van der Waals surface area contributed by atoms with E-state index in [9.17, 15) is 0 Å². The van der Waals surface area contributed by atoms with Gasteiger partial charge in [-0.25, -0.2) is 0 Å². The van der Waals surface area contributed by atoms with E-state index in [2.05, 4.69) is 10.2 Å². The highest BCUT2D eigenvalue weighted by atomic mass is 35.5. The van der Waals surface area contributed by atoms with Gasteiger partial charge in [-0.1, -0.05) is 36.2 Å². The third kappa shape index (κ3) is 3.29. The highest BCUT2D eigenvalue weighted by molar-refractivity contribution is 6.36. The second-order valence-electron chi connectivity index (χ2n) is 4.75. The van der Waals surface area contributed by atoms with Crippen molar-refractivity contribution in [3.05, 3.63) is 56.8 Å². The highest BCUT2D eigenvalue weighted by Crippen LogP contribution is 2.29. The summed E-state index contributed by atoms with van der Waals surface area (Å²) in [5.74, 6) is 0. The molecule has 1 heterocycles. The lowest BCUT2D eigenvalue weighted by Gasteiger charge is -2.17. The largest absolute Gasteiger partial charge is 0.324 e. The maximum Gasteiger partial charge on any atom is 0.0676 e. The van der Waals surface area contributed by atoms with Gasteiger partial charge in [-0.05, 0) is 49.1 Å². The van der Waals surface area contributed by atoms with Gasteiger partial charge in [0.15, 0.2) is 0 Å². The summed E-state index contributed by atoms with van der Waals surface area (Å²) in [6.45, 7) is 3.95. The maximum absolute atomic E-state index is 6.33. The molecule has 0 saturated carbocycles. The monoisotopic (exact) mass is 309 g/mol. The molecule has 2 N–H and O–H groups in total. The number of aromatic nitrogens is 2. The average molecular weight is 310 g/mol. The van der Waals surface area contributed by atoms with Crippen LogP contribution in [0.4, 0.5) is 0 Å². The molecule has 106 valence electrons. The lowest BCUT2D eigenvalue weighted by Crippen LogP contribution is -2.17. The maximum atomic E-state index is 6.33. The molecule has 0 amide bonds. The quantitative estimate of drug-likeness (QED) is 0.932. The van der Waals surface area contributed by atoms with Gasteiger partial charge in [0.25, 0.3) is 0 Å². The van der Waals surface area contributed by atoms with Gasteiger partial charge in [-0.15, -0.1) is 0 Å². The summed E-state index contributed by atoms with van der Waals surface area (Å²) < 4.78 is 0. The van der Waals surface area contributed by atoms with Gasteiger partial charge in [-0.2, -0.15) is 10.2 Å². The Bertz CT molecular complexity index is 594. The van der Waals surface area contributed by atoms with Crippen LogP contribution in [0.25, 0.3) is 0 Å². The first-order chi connectivity index (χ1) is 9.52. The smallest absolute Gasteiger partial charge is 0.0676 e. The summed E-state index contributed by atoms with van der Waals surface area (Å²) in [5.41, 5.74) is 9.99. The van der Waals surface area contributed by atoms with Crippen molar-refractivity contribution in [2.45, 2.75) is 32.7 Å². The van der Waals surface area contributed by atoms with E-state index in [0.29, 0.717) is 16.5 Å². The number of halogens is 2. The first-order valence-corrected chi connectivity index (χ1v) is 7.30. The molecule has 20 heavy (non-hydrogen) atoms. The predicted molar refractivity (Wildman–Crippen MR) is 83.2 cm³/mol. The van der Waals surface area contributed by atoms with Crippen LogP contribution in [0.15, 0.2) is 24.3 Å². The fraction of sp³-hybridized carbons (Fsp3) is 0.333. The van der Waals surface area contributed by atoms with E-state index in [1.54, 1.807) is 0 Å². The van der Waals surface area contributed by atoms with Crippen molar-refractivity contribution in [2.75, 3.05) is 0 Å². The van der Waals surface area contributed by atoms with Crippen LogP contribution in [0.3, 0.4) is 0 Å². The van der Waals surface area contributed by atoms with Crippen molar-refractivity contribution in [1.29, 1.82) is 0 Å². The van der Waals surface area contributed by atoms with Gasteiger partial charge in [0.1, 0.15) is 0 Å². The van der Waals surface area contributed by atoms with Crippen LogP contribution < -0.4 is 5.73 Å². The molecule has 1 atom stereocenters. The number of aryl methyl sites for hydroxylation is 2. The number of hydrogen-bond donors (Lipinski definition) is 1. The second kappa shape index (κ2) is 6.53. The summed E-state index contributed by atoms with van der Waals surface area (Å²) >= 11 is 12.4. The van der Waals surface area contributed by atoms with E-state index in [1.165, 1.54) is 0 Å². The molecule has 1 aromatic heterocycles. The van der Waals surface area contributed by atoms with Crippen molar-refractivity contribution in [2.24, 2.45) is 5.73 Å². The highest BCUT2D eigenvalue weighted by Gasteiger charge is 2.16. The van der Waals surface area contributed by atoms with Gasteiger partial charge in [-0.3, -0.25) is 0 Å². The van der Waals surface area contributed by atoms with E-state index >= 15 is 0 Å². The number of benzene rings is 1. The lowest BCUT2D eigenvalue weighted by molar-refractivity contribution is 0.692. The number of hydrogen-bond acceptors (Lipinski definition) is 3. The summed E-state index contributed by atoms with van der Waals surface area (Å²) in [6.07, 6.45) is 1.38. The Labute approximate surface area is 129 Å². The molecule has 2 rings (SSSR count). The molecule has 3 nitrogen and oxygen atoms in total. The van der Waals surface area contributed by atoms with Crippen molar-refractivity contribution in [1.82, 2.24) is 10.2 Å². The lowest BCUT2D eigenvalue weighted by atomic mass is 9.97. The normalized spacial score (nSPS) is 12.4. The van der Waals surface area contributed by atoms with Crippen molar-refractivity contribution in [3.8, 4) is 0 Å². The topological polar surface area (TPSA) is 51.8 Å². The Morgan fingerprint density at radius 1 is 1.20 bits per heavy atom. The van der Waals surface area contributed by atoms with E-state index < -0.39 is 0 Å². The SMILES string of the molecule is CCc1nnc(C)cc1C(N)Cc1c(Cl)cccc1Cl. The average Bonchev–Trinajstić information content (AvgIpc) is 2.43. The molecule has 0 saturated heterocycles. The fourth-order valence-corrected chi connectivity index (χ4v) is 2.74. The molecule has 0 aliphatic rings. The van der Waals surface area contributed by atoms with Crippen LogP contribution in [0.1, 0.15) is 35.5 Å². The van der Waals surface area contributed by atoms with Crippen molar-refractivity contribution < 1.29 is 0 Å². The minimum absolute atomic E-state index is 0.198. The van der Waals surface area contributed by atoms with E-state index in [4.69, 9.17) is 28.9 Å². The molecular weight excluding hydrogens is 293 g/mol. The van der Waals surface area contributed by atoms with E-state index in [1.807, 2.05) is 38.1 Å². The molecule has 0 spiro atoms. The van der Waals surface area contributed by atoms with Crippen LogP contribution in [-0.4, -0.2) is 10.2 Å². The van der Waals surface area contributed by atoms with Crippen LogP contribution in [-0.2, 0) is 12.8 Å². The summed E-state index contributed by atoms with van der Waals surface area (Å²) in [6, 6.07) is 7.27. The summed E-state index contributed by atoms with van der Waals surface area (Å²) in [5, 5.41) is 9.57. The molecule has 0 radical (unpaired) electrons. The predicted octanol–water partition coefficient (Wildman–Crippen LogP) is 3.90. The molecule has 2 aromatic rings. The standard InChI is InChI=1S/C15H17Cl2N3/c1-3-15-11(7-9(2)19-20-15)14(18)8-10-12(16)5-4-6-13(10)17/h4-7,14H,3,8,18H2,1-2H3. The van der Waals surface area contributed by atoms with Gasteiger partial charge < -0.3 is 5.73 Å². The molecule has 0 aliphatic heterocycles. The zero-order valence-electron chi connectivity index (χ0n) is 11.5. The first kappa shape index (κ1) is 15.2. The first-order valence-electron chi connectivity index (χ1n) is 6.54. The molecule has 5 heteroatoms. The number of rotatable bonds is 4. The third-order valence-electron chi connectivity index (χ3n) is 3.25. The Kier molecular flexibility index (Phi) is 4.97. The second-order valence-corrected chi connectivity index (χ2v) is 5.57. The summed E-state index contributed by atoms with van der Waals surface area (Å²) in [4.78, 5) is 0. The van der Waals surface area contributed by atoms with Crippen LogP contribution in [0.2, 0.25) is 10.0 Å². The Balaban J connectivity index is 2.33. The van der Waals surface area contributed by atoms with Gasteiger partial charge in [0, 0.05) is 16.1 Å². The third-order valence-corrected chi connectivity index (χ3v) is 3.95. The van der Waals surface area contributed by atoms with Gasteiger partial charge in [0.05, 0.1) is 11.4 Å². The minimum atomic E-state index is -0.198. The molecule has 1 unspecified atom stereocenters. The zero-order chi connectivity index (χ0) is 14.7. The zero-order valence-corrected chi connectivity index (χ0v) is 13.0. The minimum Gasteiger partial charge on any atom is -0.324 e.